The highest BCUT2D eigenvalue weighted by Gasteiger charge is 2.49. The Hall–Kier alpha value is -2.53. The van der Waals surface area contributed by atoms with Crippen LogP contribution in [-0.4, -0.2) is 29.2 Å². The normalized spacial score (nSPS) is 21.2. The fourth-order valence-corrected chi connectivity index (χ4v) is 4.16. The van der Waals surface area contributed by atoms with Crippen LogP contribution in [0.5, 0.6) is 5.75 Å². The molecule has 1 unspecified atom stereocenters. The number of phenolic OH excluding ortho intramolecular Hbond substituents is 1. The molecule has 4 rings (SSSR count). The van der Waals surface area contributed by atoms with E-state index in [1.54, 1.807) is 24.3 Å². The first kappa shape index (κ1) is 15.0. The van der Waals surface area contributed by atoms with Crippen molar-refractivity contribution in [3.05, 3.63) is 41.0 Å². The molecule has 1 aliphatic heterocycles. The van der Waals surface area contributed by atoms with Gasteiger partial charge < -0.3 is 5.11 Å². The molecule has 5 nitrogen and oxygen atoms in total. The van der Waals surface area contributed by atoms with Gasteiger partial charge in [0, 0.05) is 18.2 Å². The number of nitrogens with one attached hydrogen (secondary N) is 1. The summed E-state index contributed by atoms with van der Waals surface area (Å²) in [6.07, 6.45) is 5.37. The minimum Gasteiger partial charge on any atom is -0.506 e. The maximum Gasteiger partial charge on any atom is 0.356 e. The van der Waals surface area contributed by atoms with E-state index in [0.717, 1.165) is 32.1 Å². The van der Waals surface area contributed by atoms with Gasteiger partial charge in [-0.1, -0.05) is 30.7 Å². The standard InChI is InChI=1S/C19H17NO4/c21-10-14-12-8-4-5-9-13(12)15-16(17(14)22)19(24)20(18(15)23)11-6-2-1-3-7-11/h4-5,8-11,22H,1-3,6-7H2/p+1. The lowest BCUT2D eigenvalue weighted by Gasteiger charge is -2.24. The summed E-state index contributed by atoms with van der Waals surface area (Å²) >= 11 is 0. The van der Waals surface area contributed by atoms with E-state index in [1.807, 2.05) is 0 Å². The molecule has 0 spiro atoms. The summed E-state index contributed by atoms with van der Waals surface area (Å²) in [6, 6.07) is 6.90. The number of quaternary nitrogens is 1. The van der Waals surface area contributed by atoms with E-state index in [2.05, 4.69) is 0 Å². The summed E-state index contributed by atoms with van der Waals surface area (Å²) in [4.78, 5) is 37.7. The van der Waals surface area contributed by atoms with Gasteiger partial charge in [0.25, 0.3) is 0 Å². The molecule has 0 saturated heterocycles. The second kappa shape index (κ2) is 5.53. The fraction of sp³-hybridized carbons (Fsp3) is 0.316. The van der Waals surface area contributed by atoms with Crippen LogP contribution >= 0.6 is 0 Å². The smallest absolute Gasteiger partial charge is 0.356 e. The molecule has 2 aliphatic rings. The van der Waals surface area contributed by atoms with Crippen LogP contribution in [0.3, 0.4) is 0 Å². The molecular weight excluding hydrogens is 306 g/mol. The first-order valence-corrected chi connectivity index (χ1v) is 8.34. The average molecular weight is 324 g/mol. The molecule has 2 amide bonds. The minimum absolute atomic E-state index is 0.0152. The summed E-state index contributed by atoms with van der Waals surface area (Å²) in [5.41, 5.74) is 0.357. The molecule has 1 fully saturated rings. The monoisotopic (exact) mass is 324 g/mol. The Morgan fingerprint density at radius 3 is 2.25 bits per heavy atom. The van der Waals surface area contributed by atoms with Crippen molar-refractivity contribution in [2.75, 3.05) is 0 Å². The van der Waals surface area contributed by atoms with E-state index in [4.69, 9.17) is 0 Å². The van der Waals surface area contributed by atoms with E-state index < -0.39 is 5.91 Å². The summed E-state index contributed by atoms with van der Waals surface area (Å²) < 4.78 is 0. The Kier molecular flexibility index (Phi) is 3.46. The highest BCUT2D eigenvalue weighted by atomic mass is 16.3. The van der Waals surface area contributed by atoms with Gasteiger partial charge in [-0.05, 0) is 18.2 Å². The van der Waals surface area contributed by atoms with Crippen molar-refractivity contribution in [2.45, 2.75) is 38.1 Å². The Morgan fingerprint density at radius 1 is 0.958 bits per heavy atom. The van der Waals surface area contributed by atoms with Gasteiger partial charge in [-0.3, -0.25) is 4.79 Å². The van der Waals surface area contributed by atoms with Gasteiger partial charge in [0.15, 0.2) is 6.29 Å². The molecule has 2 aromatic rings. The van der Waals surface area contributed by atoms with Gasteiger partial charge in [0.1, 0.15) is 22.9 Å². The third-order valence-corrected chi connectivity index (χ3v) is 5.30. The van der Waals surface area contributed by atoms with Crippen molar-refractivity contribution in [1.29, 1.82) is 0 Å². The van der Waals surface area contributed by atoms with E-state index in [0.29, 0.717) is 22.0 Å². The van der Waals surface area contributed by atoms with E-state index >= 15 is 0 Å². The second-order valence-electron chi connectivity index (χ2n) is 6.58. The average Bonchev–Trinajstić information content (AvgIpc) is 2.87. The number of aldehydes is 1. The fourth-order valence-electron chi connectivity index (χ4n) is 4.16. The van der Waals surface area contributed by atoms with Gasteiger partial charge in [-0.25, -0.2) is 9.59 Å². The SMILES string of the molecule is O=Cc1c(O)c2c(c3ccccc13)C(=O)[NH+](C1CCCCC1)C2=O. The molecule has 2 N–H and O–H groups in total. The van der Waals surface area contributed by atoms with Crippen molar-refractivity contribution in [3.8, 4) is 5.75 Å². The Balaban J connectivity index is 1.96. The molecule has 0 bridgehead atoms. The number of carbonyl (C=O) groups excluding carboxylic acids is 3. The zero-order chi connectivity index (χ0) is 16.8. The Morgan fingerprint density at radius 2 is 1.58 bits per heavy atom. The van der Waals surface area contributed by atoms with Crippen LogP contribution < -0.4 is 4.90 Å². The predicted octanol–water partition coefficient (Wildman–Crippen LogP) is 1.87. The number of phenols is 1. The first-order valence-electron chi connectivity index (χ1n) is 8.34. The maximum absolute atomic E-state index is 13.0. The van der Waals surface area contributed by atoms with Gasteiger partial charge in [-0.2, -0.15) is 4.90 Å². The minimum atomic E-state index is -0.395. The molecule has 122 valence electrons. The predicted molar refractivity (Wildman–Crippen MR) is 87.5 cm³/mol. The van der Waals surface area contributed by atoms with Crippen molar-refractivity contribution >= 4 is 28.9 Å². The number of fused-ring (bicyclic) bond motifs is 3. The summed E-state index contributed by atoms with van der Waals surface area (Å²) in [7, 11) is 0. The Bertz CT molecular complexity index is 881. The van der Waals surface area contributed by atoms with Crippen LogP contribution in [0.2, 0.25) is 0 Å². The zero-order valence-corrected chi connectivity index (χ0v) is 13.2. The molecule has 0 radical (unpaired) electrons. The van der Waals surface area contributed by atoms with Crippen LogP contribution in [0.1, 0.15) is 63.2 Å². The van der Waals surface area contributed by atoms with E-state index in [9.17, 15) is 19.5 Å². The molecule has 1 saturated carbocycles. The van der Waals surface area contributed by atoms with Gasteiger partial charge >= 0.3 is 11.8 Å². The van der Waals surface area contributed by atoms with Crippen LogP contribution in [0.25, 0.3) is 10.8 Å². The van der Waals surface area contributed by atoms with Gasteiger partial charge in [-0.15, -0.1) is 0 Å². The third-order valence-electron chi connectivity index (χ3n) is 5.30. The lowest BCUT2D eigenvalue weighted by Crippen LogP contribution is -3.18. The molecule has 1 atom stereocenters. The van der Waals surface area contributed by atoms with Crippen LogP contribution in [0.4, 0.5) is 0 Å². The maximum atomic E-state index is 13.0. The second-order valence-corrected chi connectivity index (χ2v) is 6.58. The first-order chi connectivity index (χ1) is 11.6. The van der Waals surface area contributed by atoms with Crippen molar-refractivity contribution in [2.24, 2.45) is 0 Å². The molecule has 2 aromatic carbocycles. The number of rotatable bonds is 2. The highest BCUT2D eigenvalue weighted by Crippen LogP contribution is 2.36. The van der Waals surface area contributed by atoms with Crippen molar-refractivity contribution in [3.63, 3.8) is 0 Å². The molecular formula is C19H18NO4+. The zero-order valence-electron chi connectivity index (χ0n) is 13.2. The third kappa shape index (κ3) is 1.94. The molecule has 1 heterocycles. The van der Waals surface area contributed by atoms with Crippen LogP contribution in [0, 0.1) is 0 Å². The quantitative estimate of drug-likeness (QED) is 0.653. The summed E-state index contributed by atoms with van der Waals surface area (Å²) in [5.74, 6) is -1.03. The number of imide groups is 1. The number of benzene rings is 2. The number of amides is 2. The van der Waals surface area contributed by atoms with Crippen molar-refractivity contribution in [1.82, 2.24) is 0 Å². The van der Waals surface area contributed by atoms with Crippen molar-refractivity contribution < 1.29 is 24.4 Å². The van der Waals surface area contributed by atoms with E-state index in [-0.39, 0.29) is 34.4 Å². The molecule has 5 heteroatoms. The number of aromatic hydroxyl groups is 1. The molecule has 24 heavy (non-hydrogen) atoms. The topological polar surface area (TPSA) is 75.9 Å². The largest absolute Gasteiger partial charge is 0.506 e. The summed E-state index contributed by atoms with van der Waals surface area (Å²) in [5, 5.41) is 11.6. The van der Waals surface area contributed by atoms with E-state index in [1.165, 1.54) is 0 Å². The number of carbonyl (C=O) groups is 3. The number of hydrogen-bond acceptors (Lipinski definition) is 4. The Labute approximate surface area is 138 Å². The van der Waals surface area contributed by atoms with Crippen LogP contribution in [0.15, 0.2) is 24.3 Å². The van der Waals surface area contributed by atoms with Gasteiger partial charge in [0.05, 0.1) is 5.56 Å². The summed E-state index contributed by atoms with van der Waals surface area (Å²) in [6.45, 7) is 0. The molecule has 1 aliphatic carbocycles. The lowest BCUT2D eigenvalue weighted by atomic mass is 9.94. The number of hydrogen-bond donors (Lipinski definition) is 2. The lowest BCUT2D eigenvalue weighted by molar-refractivity contribution is -0.754. The molecule has 0 aromatic heterocycles. The van der Waals surface area contributed by atoms with Crippen LogP contribution in [-0.2, 0) is 0 Å². The van der Waals surface area contributed by atoms with Gasteiger partial charge in [0.2, 0.25) is 0 Å². The highest BCUT2D eigenvalue weighted by molar-refractivity contribution is 6.23.